The fraction of sp³-hybridized carbons (Fsp3) is 0.471. The number of thioether (sulfide) groups is 1. The van der Waals surface area contributed by atoms with Crippen molar-refractivity contribution in [3.05, 3.63) is 36.0 Å². The van der Waals surface area contributed by atoms with Gasteiger partial charge in [-0.3, -0.25) is 4.79 Å². The third-order valence-corrected chi connectivity index (χ3v) is 6.02. The molecule has 0 bridgehead atoms. The summed E-state index contributed by atoms with van der Waals surface area (Å²) in [6.07, 6.45) is 9.29. The summed E-state index contributed by atoms with van der Waals surface area (Å²) in [6.45, 7) is 0.820. The molecule has 0 spiro atoms. The number of carbonyl (C=O) groups excluding carboxylic acids is 1. The largest absolute Gasteiger partial charge is 0.361 e. The van der Waals surface area contributed by atoms with Crippen LogP contribution in [-0.4, -0.2) is 28.4 Å². The van der Waals surface area contributed by atoms with Gasteiger partial charge >= 0.3 is 0 Å². The quantitative estimate of drug-likeness (QED) is 0.858. The number of H-pyrrole nitrogens is 1. The van der Waals surface area contributed by atoms with Gasteiger partial charge in [-0.1, -0.05) is 24.6 Å². The number of hydrogen-bond acceptors (Lipinski definition) is 2. The minimum absolute atomic E-state index is 0.167. The fourth-order valence-electron chi connectivity index (χ4n) is 2.96. The maximum absolute atomic E-state index is 12.0. The Hall–Kier alpha value is -1.42. The van der Waals surface area contributed by atoms with Gasteiger partial charge in [-0.2, -0.15) is 11.8 Å². The molecule has 0 aliphatic heterocycles. The van der Waals surface area contributed by atoms with Crippen LogP contribution >= 0.6 is 11.8 Å². The van der Waals surface area contributed by atoms with Crippen LogP contribution in [0.25, 0.3) is 10.9 Å². The summed E-state index contributed by atoms with van der Waals surface area (Å²) < 4.78 is 0.316. The van der Waals surface area contributed by atoms with Crippen LogP contribution in [0, 0.1) is 0 Å². The first-order valence-corrected chi connectivity index (χ1v) is 8.82. The topological polar surface area (TPSA) is 44.9 Å². The van der Waals surface area contributed by atoms with E-state index in [0.717, 1.165) is 18.5 Å². The molecule has 2 aromatic rings. The van der Waals surface area contributed by atoms with E-state index in [9.17, 15) is 4.79 Å². The van der Waals surface area contributed by atoms with Crippen LogP contribution in [0.3, 0.4) is 0 Å². The Morgan fingerprint density at radius 2 is 2.19 bits per heavy atom. The first-order chi connectivity index (χ1) is 10.2. The van der Waals surface area contributed by atoms with Crippen molar-refractivity contribution >= 4 is 28.6 Å². The van der Waals surface area contributed by atoms with Crippen LogP contribution in [0.1, 0.15) is 31.2 Å². The second kappa shape index (κ2) is 6.14. The average Bonchev–Trinajstić information content (AvgIpc) is 2.88. The van der Waals surface area contributed by atoms with Crippen molar-refractivity contribution in [2.75, 3.05) is 12.8 Å². The number of amides is 1. The SMILES string of the molecule is CSC1(CNC(=O)CCc2c[nH]c3ccccc23)CCC1. The lowest BCUT2D eigenvalue weighted by Gasteiger charge is -2.40. The van der Waals surface area contributed by atoms with Gasteiger partial charge in [-0.25, -0.2) is 0 Å². The summed E-state index contributed by atoms with van der Waals surface area (Å²) in [7, 11) is 0. The summed E-state index contributed by atoms with van der Waals surface area (Å²) in [5.41, 5.74) is 2.37. The molecule has 0 atom stereocenters. The Kier molecular flexibility index (Phi) is 4.24. The normalized spacial score (nSPS) is 16.6. The number of aromatic amines is 1. The Labute approximate surface area is 129 Å². The van der Waals surface area contributed by atoms with Gasteiger partial charge in [0.05, 0.1) is 0 Å². The first kappa shape index (κ1) is 14.5. The third kappa shape index (κ3) is 3.10. The maximum Gasteiger partial charge on any atom is 0.220 e. The Balaban J connectivity index is 1.52. The van der Waals surface area contributed by atoms with Crippen molar-refractivity contribution in [1.29, 1.82) is 0 Å². The average molecular weight is 302 g/mol. The van der Waals surface area contributed by atoms with Crippen LogP contribution in [0.15, 0.2) is 30.5 Å². The van der Waals surface area contributed by atoms with Crippen molar-refractivity contribution < 1.29 is 4.79 Å². The standard InChI is InChI=1S/C17H22N2OS/c1-21-17(9-4-10-17)12-19-16(20)8-7-13-11-18-15-6-3-2-5-14(13)15/h2-3,5-6,11,18H,4,7-10,12H2,1H3,(H,19,20). The highest BCUT2D eigenvalue weighted by molar-refractivity contribution is 8.00. The van der Waals surface area contributed by atoms with E-state index in [2.05, 4.69) is 28.7 Å². The van der Waals surface area contributed by atoms with Gasteiger partial charge in [0.25, 0.3) is 0 Å². The molecule has 1 fully saturated rings. The molecular formula is C17H22N2OS. The van der Waals surface area contributed by atoms with E-state index in [4.69, 9.17) is 0 Å². The van der Waals surface area contributed by atoms with Gasteiger partial charge in [0, 0.05) is 34.8 Å². The number of fused-ring (bicyclic) bond motifs is 1. The molecule has 1 saturated carbocycles. The maximum atomic E-state index is 12.0. The minimum Gasteiger partial charge on any atom is -0.361 e. The van der Waals surface area contributed by atoms with E-state index < -0.39 is 0 Å². The van der Waals surface area contributed by atoms with E-state index in [1.54, 1.807) is 0 Å². The van der Waals surface area contributed by atoms with Crippen molar-refractivity contribution in [2.45, 2.75) is 36.9 Å². The van der Waals surface area contributed by atoms with Crippen LogP contribution in [0.4, 0.5) is 0 Å². The highest BCUT2D eigenvalue weighted by atomic mass is 32.2. The van der Waals surface area contributed by atoms with Crippen molar-refractivity contribution in [3.63, 3.8) is 0 Å². The summed E-state index contributed by atoms with van der Waals surface area (Å²) >= 11 is 1.90. The molecule has 1 aliphatic carbocycles. The number of aromatic nitrogens is 1. The monoisotopic (exact) mass is 302 g/mol. The van der Waals surface area contributed by atoms with Gasteiger partial charge in [0.1, 0.15) is 0 Å². The summed E-state index contributed by atoms with van der Waals surface area (Å²) in [5, 5.41) is 4.34. The summed E-state index contributed by atoms with van der Waals surface area (Å²) in [5.74, 6) is 0.167. The molecule has 3 rings (SSSR count). The zero-order valence-corrected chi connectivity index (χ0v) is 13.3. The van der Waals surface area contributed by atoms with Crippen molar-refractivity contribution in [1.82, 2.24) is 10.3 Å². The molecular weight excluding hydrogens is 280 g/mol. The molecule has 21 heavy (non-hydrogen) atoms. The van der Waals surface area contributed by atoms with Crippen molar-refractivity contribution in [3.8, 4) is 0 Å². The molecule has 1 aromatic carbocycles. The molecule has 2 N–H and O–H groups in total. The molecule has 1 aromatic heterocycles. The molecule has 112 valence electrons. The smallest absolute Gasteiger partial charge is 0.220 e. The number of benzene rings is 1. The lowest BCUT2D eigenvalue weighted by molar-refractivity contribution is -0.121. The molecule has 3 nitrogen and oxygen atoms in total. The minimum atomic E-state index is 0.167. The summed E-state index contributed by atoms with van der Waals surface area (Å²) in [6, 6.07) is 8.24. The van der Waals surface area contributed by atoms with Gasteiger partial charge in [0.15, 0.2) is 0 Å². The van der Waals surface area contributed by atoms with Crippen LogP contribution in [0.2, 0.25) is 0 Å². The molecule has 1 amide bonds. The van der Waals surface area contributed by atoms with Gasteiger partial charge < -0.3 is 10.3 Å². The zero-order valence-electron chi connectivity index (χ0n) is 12.4. The van der Waals surface area contributed by atoms with E-state index >= 15 is 0 Å². The number of aryl methyl sites for hydroxylation is 1. The highest BCUT2D eigenvalue weighted by Crippen LogP contribution is 2.42. The third-order valence-electron chi connectivity index (χ3n) is 4.60. The predicted molar refractivity (Wildman–Crippen MR) is 89.7 cm³/mol. The fourth-order valence-corrected chi connectivity index (χ4v) is 3.87. The second-order valence-electron chi connectivity index (χ2n) is 5.88. The molecule has 1 heterocycles. The van der Waals surface area contributed by atoms with Gasteiger partial charge in [-0.05, 0) is 37.1 Å². The predicted octanol–water partition coefficient (Wildman–Crippen LogP) is 3.50. The van der Waals surface area contributed by atoms with Crippen molar-refractivity contribution in [2.24, 2.45) is 0 Å². The van der Waals surface area contributed by atoms with Crippen LogP contribution in [-0.2, 0) is 11.2 Å². The molecule has 0 saturated heterocycles. The number of nitrogens with one attached hydrogen (secondary N) is 2. The first-order valence-electron chi connectivity index (χ1n) is 7.59. The van der Waals surface area contributed by atoms with E-state index in [1.807, 2.05) is 30.1 Å². The number of hydrogen-bond donors (Lipinski definition) is 2. The van der Waals surface area contributed by atoms with E-state index in [0.29, 0.717) is 11.2 Å². The van der Waals surface area contributed by atoms with Gasteiger partial charge in [0.2, 0.25) is 5.91 Å². The Morgan fingerprint density at radius 1 is 1.38 bits per heavy atom. The van der Waals surface area contributed by atoms with E-state index in [-0.39, 0.29) is 5.91 Å². The molecule has 0 unspecified atom stereocenters. The summed E-state index contributed by atoms with van der Waals surface area (Å²) in [4.78, 5) is 15.3. The second-order valence-corrected chi connectivity index (χ2v) is 7.15. The van der Waals surface area contributed by atoms with Crippen LogP contribution < -0.4 is 5.32 Å². The lowest BCUT2D eigenvalue weighted by Crippen LogP contribution is -2.45. The van der Waals surface area contributed by atoms with Crippen LogP contribution in [0.5, 0.6) is 0 Å². The highest BCUT2D eigenvalue weighted by Gasteiger charge is 2.36. The molecule has 0 radical (unpaired) electrons. The Bertz CT molecular complexity index is 625. The lowest BCUT2D eigenvalue weighted by atomic mass is 9.84. The number of para-hydroxylation sites is 1. The number of rotatable bonds is 6. The number of carbonyl (C=O) groups is 1. The molecule has 1 aliphatic rings. The van der Waals surface area contributed by atoms with E-state index in [1.165, 1.54) is 30.2 Å². The van der Waals surface area contributed by atoms with Gasteiger partial charge in [-0.15, -0.1) is 0 Å². The Morgan fingerprint density at radius 3 is 2.90 bits per heavy atom. The zero-order chi connectivity index (χ0) is 14.7. The molecule has 4 heteroatoms.